The maximum absolute atomic E-state index is 5.71. The molecule has 0 spiro atoms. The van der Waals surface area contributed by atoms with Crippen molar-refractivity contribution in [1.82, 2.24) is 19.4 Å². The van der Waals surface area contributed by atoms with Crippen molar-refractivity contribution in [3.8, 4) is 22.5 Å². The van der Waals surface area contributed by atoms with Gasteiger partial charge >= 0.3 is 0 Å². The standard InChI is InChI=1S/C28H21N5/c1-18(17-29)22-12-7-13-23(30-22)19-8-6-9-20(16-19)26-28-27(21-10-2-3-11-24(21)31-26)32-25-14-4-5-15-33(25)28/h2-17H,29H2,1H3/b18-17+. The highest BCUT2D eigenvalue weighted by molar-refractivity contribution is 6.09. The molecule has 0 aliphatic carbocycles. The Bertz CT molecular complexity index is 1690. The van der Waals surface area contributed by atoms with Gasteiger partial charge in [0, 0.05) is 22.7 Å². The predicted molar refractivity (Wildman–Crippen MR) is 135 cm³/mol. The van der Waals surface area contributed by atoms with Gasteiger partial charge in [0.15, 0.2) is 0 Å². The van der Waals surface area contributed by atoms with E-state index in [4.69, 9.17) is 20.7 Å². The van der Waals surface area contributed by atoms with Crippen molar-refractivity contribution in [2.45, 2.75) is 6.92 Å². The van der Waals surface area contributed by atoms with Crippen LogP contribution in [0.4, 0.5) is 0 Å². The quantitative estimate of drug-likeness (QED) is 0.371. The van der Waals surface area contributed by atoms with Crippen LogP contribution in [0.1, 0.15) is 12.6 Å². The Kier molecular flexibility index (Phi) is 4.40. The Balaban J connectivity index is 1.62. The van der Waals surface area contributed by atoms with Gasteiger partial charge in [-0.2, -0.15) is 0 Å². The SMILES string of the molecule is C/C(=C\N)c1cccc(-c2cccc(-c3nc4ccccc4c4nc5ccccn5c34)c2)n1. The molecule has 0 saturated heterocycles. The number of benzene rings is 2. The van der Waals surface area contributed by atoms with Crippen LogP contribution in [0.25, 0.3) is 55.7 Å². The van der Waals surface area contributed by atoms with E-state index in [2.05, 4.69) is 34.7 Å². The molecule has 0 radical (unpaired) electrons. The molecular weight excluding hydrogens is 406 g/mol. The summed E-state index contributed by atoms with van der Waals surface area (Å²) in [6.45, 7) is 1.96. The zero-order valence-electron chi connectivity index (χ0n) is 18.1. The molecule has 2 aromatic carbocycles. The van der Waals surface area contributed by atoms with Gasteiger partial charge in [-0.1, -0.05) is 48.5 Å². The molecule has 0 aliphatic heterocycles. The summed E-state index contributed by atoms with van der Waals surface area (Å²) in [5.41, 5.74) is 15.2. The third kappa shape index (κ3) is 3.13. The molecule has 5 nitrogen and oxygen atoms in total. The monoisotopic (exact) mass is 427 g/mol. The van der Waals surface area contributed by atoms with Gasteiger partial charge in [-0.15, -0.1) is 0 Å². The van der Waals surface area contributed by atoms with E-state index in [1.165, 1.54) is 0 Å². The van der Waals surface area contributed by atoms with Gasteiger partial charge in [0.25, 0.3) is 0 Å². The smallest absolute Gasteiger partial charge is 0.137 e. The molecule has 4 aromatic heterocycles. The minimum Gasteiger partial charge on any atom is -0.404 e. The number of fused-ring (bicyclic) bond motifs is 5. The topological polar surface area (TPSA) is 69.1 Å². The van der Waals surface area contributed by atoms with E-state index < -0.39 is 0 Å². The number of hydrogen-bond acceptors (Lipinski definition) is 4. The Morgan fingerprint density at radius 1 is 0.818 bits per heavy atom. The largest absolute Gasteiger partial charge is 0.404 e. The lowest BCUT2D eigenvalue weighted by Gasteiger charge is -2.10. The third-order valence-electron chi connectivity index (χ3n) is 5.98. The number of para-hydroxylation sites is 1. The number of rotatable bonds is 3. The van der Waals surface area contributed by atoms with E-state index in [9.17, 15) is 0 Å². The number of nitrogens with zero attached hydrogens (tertiary/aromatic N) is 4. The molecule has 5 heteroatoms. The number of aromatic nitrogens is 4. The Labute approximate surface area is 190 Å². The minimum atomic E-state index is 0.869. The highest BCUT2D eigenvalue weighted by Crippen LogP contribution is 2.34. The van der Waals surface area contributed by atoms with Crippen LogP contribution in [0.5, 0.6) is 0 Å². The van der Waals surface area contributed by atoms with E-state index in [1.54, 1.807) is 6.20 Å². The van der Waals surface area contributed by atoms with Crippen LogP contribution < -0.4 is 5.73 Å². The zero-order chi connectivity index (χ0) is 22.4. The summed E-state index contributed by atoms with van der Waals surface area (Å²) in [5, 5.41) is 1.05. The Hall–Kier alpha value is -4.51. The summed E-state index contributed by atoms with van der Waals surface area (Å²) in [6.07, 6.45) is 3.63. The van der Waals surface area contributed by atoms with Crippen molar-refractivity contribution in [2.24, 2.45) is 5.73 Å². The maximum atomic E-state index is 5.71. The van der Waals surface area contributed by atoms with Gasteiger partial charge in [-0.25, -0.2) is 15.0 Å². The molecule has 0 unspecified atom stereocenters. The summed E-state index contributed by atoms with van der Waals surface area (Å²) in [4.78, 5) is 14.8. The van der Waals surface area contributed by atoms with E-state index in [0.29, 0.717) is 0 Å². The molecule has 6 aromatic rings. The molecule has 0 amide bonds. The molecule has 0 atom stereocenters. The number of nitrogens with two attached hydrogens (primary N) is 1. The molecule has 2 N–H and O–H groups in total. The summed E-state index contributed by atoms with van der Waals surface area (Å²) < 4.78 is 2.12. The molecule has 0 bridgehead atoms. The summed E-state index contributed by atoms with van der Waals surface area (Å²) in [7, 11) is 0. The number of allylic oxidation sites excluding steroid dienone is 1. The summed E-state index contributed by atoms with van der Waals surface area (Å²) >= 11 is 0. The average Bonchev–Trinajstić information content (AvgIpc) is 3.28. The van der Waals surface area contributed by atoms with E-state index in [-0.39, 0.29) is 0 Å². The van der Waals surface area contributed by atoms with E-state index in [1.807, 2.05) is 67.7 Å². The first kappa shape index (κ1) is 19.2. The molecule has 0 saturated carbocycles. The normalized spacial score (nSPS) is 12.1. The molecule has 0 aliphatic rings. The first-order chi connectivity index (χ1) is 16.2. The fourth-order valence-corrected chi connectivity index (χ4v) is 4.28. The van der Waals surface area contributed by atoms with Gasteiger partial charge in [0.1, 0.15) is 11.2 Å². The number of hydrogen-bond donors (Lipinski definition) is 1. The second kappa shape index (κ2) is 7.57. The fraction of sp³-hybridized carbons (Fsp3) is 0.0357. The third-order valence-corrected chi connectivity index (χ3v) is 5.98. The van der Waals surface area contributed by atoms with Crippen LogP contribution >= 0.6 is 0 Å². The van der Waals surface area contributed by atoms with E-state index >= 15 is 0 Å². The lowest BCUT2D eigenvalue weighted by molar-refractivity contribution is 1.22. The van der Waals surface area contributed by atoms with Crippen molar-refractivity contribution in [3.63, 3.8) is 0 Å². The maximum Gasteiger partial charge on any atom is 0.137 e. The highest BCUT2D eigenvalue weighted by atomic mass is 15.0. The number of imidazole rings is 1. The van der Waals surface area contributed by atoms with Crippen molar-refractivity contribution in [2.75, 3.05) is 0 Å². The zero-order valence-corrected chi connectivity index (χ0v) is 18.1. The first-order valence-electron chi connectivity index (χ1n) is 10.9. The lowest BCUT2D eigenvalue weighted by Crippen LogP contribution is -1.94. The van der Waals surface area contributed by atoms with Gasteiger partial charge in [0.05, 0.1) is 28.1 Å². The second-order valence-electron chi connectivity index (χ2n) is 8.05. The molecule has 4 heterocycles. The van der Waals surface area contributed by atoms with Gasteiger partial charge in [-0.3, -0.25) is 4.40 Å². The van der Waals surface area contributed by atoms with Crippen molar-refractivity contribution < 1.29 is 0 Å². The van der Waals surface area contributed by atoms with Gasteiger partial charge < -0.3 is 5.73 Å². The lowest BCUT2D eigenvalue weighted by atomic mass is 10.0. The number of pyridine rings is 3. The summed E-state index contributed by atoms with van der Waals surface area (Å²) in [5.74, 6) is 0. The second-order valence-corrected chi connectivity index (χ2v) is 8.05. The van der Waals surface area contributed by atoms with Gasteiger partial charge in [0.2, 0.25) is 0 Å². The van der Waals surface area contributed by atoms with Crippen molar-refractivity contribution in [1.29, 1.82) is 0 Å². The predicted octanol–water partition coefficient (Wildman–Crippen LogP) is 6.08. The first-order valence-corrected chi connectivity index (χ1v) is 10.9. The van der Waals surface area contributed by atoms with Gasteiger partial charge in [-0.05, 0) is 55.1 Å². The highest BCUT2D eigenvalue weighted by Gasteiger charge is 2.16. The van der Waals surface area contributed by atoms with Crippen LogP contribution in [0.15, 0.2) is 97.3 Å². The van der Waals surface area contributed by atoms with E-state index in [0.717, 1.165) is 61.4 Å². The average molecular weight is 428 g/mol. The molecule has 6 rings (SSSR count). The van der Waals surface area contributed by atoms with Crippen molar-refractivity contribution in [3.05, 3.63) is 103 Å². The summed E-state index contributed by atoms with van der Waals surface area (Å²) in [6, 6.07) is 28.6. The molecule has 158 valence electrons. The van der Waals surface area contributed by atoms with Crippen LogP contribution in [-0.4, -0.2) is 19.4 Å². The van der Waals surface area contributed by atoms with Crippen LogP contribution in [0.2, 0.25) is 0 Å². The molecule has 33 heavy (non-hydrogen) atoms. The minimum absolute atomic E-state index is 0.869. The van der Waals surface area contributed by atoms with Crippen LogP contribution in [0.3, 0.4) is 0 Å². The Morgan fingerprint density at radius 2 is 1.64 bits per heavy atom. The Morgan fingerprint density at radius 3 is 2.55 bits per heavy atom. The molecular formula is C28H21N5. The fourth-order valence-electron chi connectivity index (χ4n) is 4.28. The van der Waals surface area contributed by atoms with Crippen LogP contribution in [-0.2, 0) is 0 Å². The molecule has 0 fully saturated rings. The van der Waals surface area contributed by atoms with Crippen molar-refractivity contribution >= 4 is 33.2 Å². The van der Waals surface area contributed by atoms with Crippen LogP contribution in [0, 0.1) is 0 Å².